The van der Waals surface area contributed by atoms with Gasteiger partial charge in [0.15, 0.2) is 5.65 Å². The van der Waals surface area contributed by atoms with Crippen LogP contribution in [0.15, 0.2) is 47.8 Å². The molecule has 7 heteroatoms. The summed E-state index contributed by atoms with van der Waals surface area (Å²) < 4.78 is 3.72. The van der Waals surface area contributed by atoms with Gasteiger partial charge in [0.2, 0.25) is 5.95 Å². The maximum Gasteiger partial charge on any atom is 0.253 e. The maximum absolute atomic E-state index is 11.8. The fraction of sp³-hybridized carbons (Fsp3) is 0.375. The zero-order chi connectivity index (χ0) is 15.6. The normalized spacial score (nSPS) is 16.1. The number of pyridine rings is 1. The highest BCUT2D eigenvalue weighted by molar-refractivity contribution is 5.46. The molecule has 0 unspecified atom stereocenters. The summed E-state index contributed by atoms with van der Waals surface area (Å²) in [6, 6.07) is 7.42. The predicted molar refractivity (Wildman–Crippen MR) is 86.4 cm³/mol. The first kappa shape index (κ1) is 13.9. The molecule has 0 bridgehead atoms. The van der Waals surface area contributed by atoms with Crippen molar-refractivity contribution in [3.05, 3.63) is 53.3 Å². The van der Waals surface area contributed by atoms with Crippen LogP contribution in [0.1, 0.15) is 12.8 Å². The van der Waals surface area contributed by atoms with Crippen molar-refractivity contribution in [2.75, 3.05) is 18.0 Å². The van der Waals surface area contributed by atoms with Gasteiger partial charge in [-0.1, -0.05) is 6.07 Å². The molecular weight excluding hydrogens is 292 g/mol. The smallest absolute Gasteiger partial charge is 0.253 e. The molecule has 23 heavy (non-hydrogen) atoms. The minimum Gasteiger partial charge on any atom is -0.341 e. The summed E-state index contributed by atoms with van der Waals surface area (Å²) in [6.45, 7) is 2.59. The summed E-state index contributed by atoms with van der Waals surface area (Å²) in [5, 5.41) is 8.53. The molecule has 4 rings (SSSR count). The second-order valence-electron chi connectivity index (χ2n) is 5.93. The third kappa shape index (κ3) is 2.69. The number of anilines is 1. The number of nitrogens with zero attached hydrogens (tertiary/aromatic N) is 6. The average Bonchev–Trinajstić information content (AvgIpc) is 3.02. The summed E-state index contributed by atoms with van der Waals surface area (Å²) in [4.78, 5) is 18.1. The molecule has 0 aliphatic carbocycles. The SMILES string of the molecule is O=c1ccncn1CC1CCN(c2nnc3ccccn23)CC1. The van der Waals surface area contributed by atoms with Gasteiger partial charge in [0.25, 0.3) is 5.56 Å². The Bertz CT molecular complexity index is 862. The minimum absolute atomic E-state index is 0.0193. The maximum atomic E-state index is 11.8. The third-order valence-electron chi connectivity index (χ3n) is 4.44. The van der Waals surface area contributed by atoms with E-state index in [1.54, 1.807) is 10.9 Å². The standard InChI is InChI=1S/C16H18N6O/c23-15-4-7-17-12-21(15)11-13-5-9-20(10-6-13)16-19-18-14-3-1-2-8-22(14)16/h1-4,7-8,12-13H,5-6,9-11H2. The van der Waals surface area contributed by atoms with Crippen LogP contribution in [0.25, 0.3) is 5.65 Å². The average molecular weight is 310 g/mol. The molecule has 3 aromatic rings. The van der Waals surface area contributed by atoms with E-state index in [-0.39, 0.29) is 5.56 Å². The van der Waals surface area contributed by atoms with Gasteiger partial charge < -0.3 is 4.90 Å². The monoisotopic (exact) mass is 310 g/mol. The Kier molecular flexibility index (Phi) is 3.53. The van der Waals surface area contributed by atoms with Crippen LogP contribution in [-0.4, -0.2) is 37.2 Å². The first-order valence-electron chi connectivity index (χ1n) is 7.86. The number of piperidine rings is 1. The molecule has 4 heterocycles. The van der Waals surface area contributed by atoms with Gasteiger partial charge in [0, 0.05) is 38.1 Å². The van der Waals surface area contributed by atoms with Crippen molar-refractivity contribution in [2.45, 2.75) is 19.4 Å². The van der Waals surface area contributed by atoms with Gasteiger partial charge in [-0.25, -0.2) is 4.98 Å². The first-order valence-corrected chi connectivity index (χ1v) is 7.86. The van der Waals surface area contributed by atoms with Crippen molar-refractivity contribution in [2.24, 2.45) is 5.92 Å². The molecule has 0 radical (unpaired) electrons. The van der Waals surface area contributed by atoms with E-state index in [4.69, 9.17) is 0 Å². The Labute approximate surface area is 133 Å². The van der Waals surface area contributed by atoms with Crippen LogP contribution < -0.4 is 10.5 Å². The van der Waals surface area contributed by atoms with Crippen molar-refractivity contribution >= 4 is 11.6 Å². The largest absolute Gasteiger partial charge is 0.341 e. The summed E-state index contributed by atoms with van der Waals surface area (Å²) in [7, 11) is 0. The molecule has 0 atom stereocenters. The zero-order valence-electron chi connectivity index (χ0n) is 12.7. The Hall–Kier alpha value is -2.70. The third-order valence-corrected chi connectivity index (χ3v) is 4.44. The Balaban J connectivity index is 1.45. The molecule has 1 aliphatic rings. The van der Waals surface area contributed by atoms with Crippen LogP contribution in [0, 0.1) is 5.92 Å². The fourth-order valence-corrected chi connectivity index (χ4v) is 3.15. The molecule has 1 aliphatic heterocycles. The van der Waals surface area contributed by atoms with E-state index >= 15 is 0 Å². The van der Waals surface area contributed by atoms with E-state index in [1.807, 2.05) is 28.8 Å². The summed E-state index contributed by atoms with van der Waals surface area (Å²) >= 11 is 0. The molecule has 1 fully saturated rings. The molecule has 3 aromatic heterocycles. The van der Waals surface area contributed by atoms with Crippen molar-refractivity contribution in [3.63, 3.8) is 0 Å². The van der Waals surface area contributed by atoms with Gasteiger partial charge in [-0.05, 0) is 30.9 Å². The minimum atomic E-state index is 0.0193. The number of hydrogen-bond acceptors (Lipinski definition) is 5. The van der Waals surface area contributed by atoms with E-state index in [9.17, 15) is 4.79 Å². The van der Waals surface area contributed by atoms with Crippen LogP contribution in [0.5, 0.6) is 0 Å². The number of rotatable bonds is 3. The lowest BCUT2D eigenvalue weighted by Crippen LogP contribution is -2.37. The lowest BCUT2D eigenvalue weighted by Gasteiger charge is -2.32. The van der Waals surface area contributed by atoms with E-state index < -0.39 is 0 Å². The molecule has 0 spiro atoms. The molecule has 7 nitrogen and oxygen atoms in total. The molecular formula is C16H18N6O. The highest BCUT2D eigenvalue weighted by Crippen LogP contribution is 2.23. The summed E-state index contributed by atoms with van der Waals surface area (Å²) in [5.41, 5.74) is 0.886. The van der Waals surface area contributed by atoms with E-state index in [0.29, 0.717) is 5.92 Å². The van der Waals surface area contributed by atoms with Crippen molar-refractivity contribution in [3.8, 4) is 0 Å². The van der Waals surface area contributed by atoms with Gasteiger partial charge >= 0.3 is 0 Å². The molecule has 0 saturated carbocycles. The second-order valence-corrected chi connectivity index (χ2v) is 5.93. The van der Waals surface area contributed by atoms with Crippen LogP contribution >= 0.6 is 0 Å². The van der Waals surface area contributed by atoms with Crippen LogP contribution in [-0.2, 0) is 6.54 Å². The van der Waals surface area contributed by atoms with E-state index in [0.717, 1.165) is 44.1 Å². The number of fused-ring (bicyclic) bond motifs is 1. The second kappa shape index (κ2) is 5.83. The molecule has 0 aromatic carbocycles. The molecule has 0 N–H and O–H groups in total. The highest BCUT2D eigenvalue weighted by atomic mass is 16.1. The molecule has 1 saturated heterocycles. The quantitative estimate of drug-likeness (QED) is 0.727. The van der Waals surface area contributed by atoms with Crippen molar-refractivity contribution < 1.29 is 0 Å². The fourth-order valence-electron chi connectivity index (χ4n) is 3.15. The lowest BCUT2D eigenvalue weighted by molar-refractivity contribution is 0.349. The predicted octanol–water partition coefficient (Wildman–Crippen LogP) is 1.20. The first-order chi connectivity index (χ1) is 11.3. The Morgan fingerprint density at radius 1 is 1.13 bits per heavy atom. The van der Waals surface area contributed by atoms with Crippen molar-refractivity contribution in [1.29, 1.82) is 0 Å². The Morgan fingerprint density at radius 2 is 2.00 bits per heavy atom. The van der Waals surface area contributed by atoms with Gasteiger partial charge in [-0.3, -0.25) is 13.8 Å². The van der Waals surface area contributed by atoms with Gasteiger partial charge in [-0.2, -0.15) is 0 Å². The van der Waals surface area contributed by atoms with Gasteiger partial charge in [0.1, 0.15) is 0 Å². The van der Waals surface area contributed by atoms with E-state index in [2.05, 4.69) is 20.1 Å². The topological polar surface area (TPSA) is 68.3 Å². The summed E-state index contributed by atoms with van der Waals surface area (Å²) in [6.07, 6.45) is 7.22. The highest BCUT2D eigenvalue weighted by Gasteiger charge is 2.22. The Morgan fingerprint density at radius 3 is 2.83 bits per heavy atom. The van der Waals surface area contributed by atoms with Gasteiger partial charge in [-0.15, -0.1) is 10.2 Å². The van der Waals surface area contributed by atoms with Crippen LogP contribution in [0.4, 0.5) is 5.95 Å². The van der Waals surface area contributed by atoms with Crippen molar-refractivity contribution in [1.82, 2.24) is 24.1 Å². The molecule has 0 amide bonds. The molecule has 118 valence electrons. The van der Waals surface area contributed by atoms with Gasteiger partial charge in [0.05, 0.1) is 6.33 Å². The van der Waals surface area contributed by atoms with E-state index in [1.165, 1.54) is 12.3 Å². The van der Waals surface area contributed by atoms with Crippen LogP contribution in [0.3, 0.4) is 0 Å². The number of aromatic nitrogens is 5. The summed E-state index contributed by atoms with van der Waals surface area (Å²) in [5.74, 6) is 1.39. The number of hydrogen-bond donors (Lipinski definition) is 0. The lowest BCUT2D eigenvalue weighted by atomic mass is 9.97. The van der Waals surface area contributed by atoms with Crippen LogP contribution in [0.2, 0.25) is 0 Å². The zero-order valence-corrected chi connectivity index (χ0v) is 12.7.